The van der Waals surface area contributed by atoms with Crippen LogP contribution in [0.25, 0.3) is 11.3 Å². The van der Waals surface area contributed by atoms with Crippen molar-refractivity contribution in [1.29, 1.82) is 0 Å². The predicted octanol–water partition coefficient (Wildman–Crippen LogP) is 3.82. The molecule has 0 aliphatic carbocycles. The maximum atomic E-state index is 13.2. The molecule has 1 atom stereocenters. The number of carbonyl (C=O) groups is 1. The molecule has 0 unspecified atom stereocenters. The molecule has 0 radical (unpaired) electrons. The quantitative estimate of drug-likeness (QED) is 0.561. The maximum Gasteiger partial charge on any atom is 0.267 e. The van der Waals surface area contributed by atoms with E-state index in [2.05, 4.69) is 10.4 Å². The molecular weight excluding hydrogens is 464 g/mol. The van der Waals surface area contributed by atoms with E-state index in [0.29, 0.717) is 35.6 Å². The molecule has 35 heavy (non-hydrogen) atoms. The summed E-state index contributed by atoms with van der Waals surface area (Å²) in [4.78, 5) is 25.7. The summed E-state index contributed by atoms with van der Waals surface area (Å²) in [5, 5.41) is 7.29. The van der Waals surface area contributed by atoms with E-state index < -0.39 is 21.6 Å². The third kappa shape index (κ3) is 5.06. The van der Waals surface area contributed by atoms with Gasteiger partial charge >= 0.3 is 0 Å². The van der Waals surface area contributed by atoms with E-state index >= 15 is 0 Å². The normalized spacial score (nSPS) is 15.2. The number of nitrogens with one attached hydrogen (secondary N) is 1. The number of aromatic nitrogens is 2. The summed E-state index contributed by atoms with van der Waals surface area (Å²) in [6, 6.07) is 12.8. The Kier molecular flexibility index (Phi) is 6.91. The number of hydrogen-bond acceptors (Lipinski definition) is 5. The summed E-state index contributed by atoms with van der Waals surface area (Å²) < 4.78 is 29.0. The first kappa shape index (κ1) is 24.8. The molecule has 1 aliphatic rings. The van der Waals surface area contributed by atoms with Gasteiger partial charge in [-0.2, -0.15) is 9.40 Å². The van der Waals surface area contributed by atoms with Gasteiger partial charge in [0.15, 0.2) is 0 Å². The lowest BCUT2D eigenvalue weighted by Crippen LogP contribution is -2.33. The topological polar surface area (TPSA) is 101 Å². The molecule has 184 valence electrons. The van der Waals surface area contributed by atoms with Gasteiger partial charge in [0.1, 0.15) is 6.04 Å². The Bertz CT molecular complexity index is 1440. The number of sulfonamides is 1. The fourth-order valence-corrected chi connectivity index (χ4v) is 6.03. The number of benzene rings is 2. The average Bonchev–Trinajstić information content (AvgIpc) is 3.37. The van der Waals surface area contributed by atoms with E-state index in [1.807, 2.05) is 32.0 Å². The van der Waals surface area contributed by atoms with E-state index in [4.69, 9.17) is 0 Å². The van der Waals surface area contributed by atoms with Crippen molar-refractivity contribution < 1.29 is 13.2 Å². The Hall–Kier alpha value is -3.30. The van der Waals surface area contributed by atoms with Gasteiger partial charge in [-0.3, -0.25) is 9.59 Å². The van der Waals surface area contributed by atoms with E-state index in [-0.39, 0.29) is 10.8 Å². The Morgan fingerprint density at radius 2 is 1.69 bits per heavy atom. The van der Waals surface area contributed by atoms with Crippen molar-refractivity contribution in [3.63, 3.8) is 0 Å². The summed E-state index contributed by atoms with van der Waals surface area (Å²) in [5.74, 6) is -0.370. The van der Waals surface area contributed by atoms with Gasteiger partial charge < -0.3 is 5.32 Å². The van der Waals surface area contributed by atoms with Crippen LogP contribution in [0.1, 0.15) is 42.5 Å². The molecule has 4 rings (SSSR count). The Morgan fingerprint density at radius 3 is 2.37 bits per heavy atom. The summed E-state index contributed by atoms with van der Waals surface area (Å²) in [6.45, 7) is 8.28. The largest absolute Gasteiger partial charge is 0.324 e. The zero-order chi connectivity index (χ0) is 25.3. The van der Waals surface area contributed by atoms with Crippen LogP contribution in [-0.2, 0) is 14.8 Å². The highest BCUT2D eigenvalue weighted by Gasteiger charge is 2.29. The minimum atomic E-state index is -3.62. The van der Waals surface area contributed by atoms with Crippen molar-refractivity contribution in [2.45, 2.75) is 51.5 Å². The van der Waals surface area contributed by atoms with Crippen LogP contribution in [0, 0.1) is 20.8 Å². The highest BCUT2D eigenvalue weighted by atomic mass is 32.2. The molecule has 3 aromatic rings. The summed E-state index contributed by atoms with van der Waals surface area (Å²) in [5.41, 5.74) is 3.88. The zero-order valence-corrected chi connectivity index (χ0v) is 21.2. The molecule has 0 spiro atoms. The van der Waals surface area contributed by atoms with Gasteiger partial charge in [0.2, 0.25) is 15.9 Å². The van der Waals surface area contributed by atoms with Crippen LogP contribution in [0.3, 0.4) is 0 Å². The summed E-state index contributed by atoms with van der Waals surface area (Å²) in [7, 11) is -3.62. The molecule has 1 N–H and O–H groups in total. The number of amides is 1. The molecule has 9 heteroatoms. The molecule has 1 fully saturated rings. The number of carbonyl (C=O) groups excluding carboxylic acids is 1. The lowest BCUT2D eigenvalue weighted by Gasteiger charge is -2.18. The van der Waals surface area contributed by atoms with Crippen molar-refractivity contribution in [2.24, 2.45) is 0 Å². The minimum Gasteiger partial charge on any atom is -0.324 e. The van der Waals surface area contributed by atoms with Gasteiger partial charge in [-0.25, -0.2) is 13.1 Å². The molecule has 1 saturated heterocycles. The maximum absolute atomic E-state index is 13.2. The third-order valence-corrected chi connectivity index (χ3v) is 8.42. The Balaban J connectivity index is 1.65. The molecule has 0 bridgehead atoms. The SMILES string of the molecule is Cc1ccc(NC(=O)[C@@H](C)n2nc(-c3ccc(C)c(S(=O)(=O)N4CCCC4)c3)ccc2=O)c(C)c1. The van der Waals surface area contributed by atoms with E-state index in [9.17, 15) is 18.0 Å². The lowest BCUT2D eigenvalue weighted by atomic mass is 10.1. The van der Waals surface area contributed by atoms with Gasteiger partial charge in [-0.1, -0.05) is 29.8 Å². The average molecular weight is 495 g/mol. The van der Waals surface area contributed by atoms with Crippen LogP contribution in [0.2, 0.25) is 0 Å². The third-order valence-electron chi connectivity index (χ3n) is 6.38. The van der Waals surface area contributed by atoms with Crippen LogP contribution in [0.4, 0.5) is 5.69 Å². The van der Waals surface area contributed by atoms with Crippen LogP contribution < -0.4 is 10.9 Å². The second kappa shape index (κ2) is 9.75. The molecule has 1 amide bonds. The second-order valence-electron chi connectivity index (χ2n) is 9.08. The zero-order valence-electron chi connectivity index (χ0n) is 20.4. The van der Waals surface area contributed by atoms with E-state index in [1.165, 1.54) is 10.4 Å². The second-order valence-corrected chi connectivity index (χ2v) is 11.0. The van der Waals surface area contributed by atoms with Crippen molar-refractivity contribution in [2.75, 3.05) is 18.4 Å². The van der Waals surface area contributed by atoms with Gasteiger partial charge in [-0.15, -0.1) is 0 Å². The first-order valence-corrected chi connectivity index (χ1v) is 13.1. The Labute approximate surface area is 205 Å². The highest BCUT2D eigenvalue weighted by Crippen LogP contribution is 2.28. The molecule has 1 aromatic heterocycles. The van der Waals surface area contributed by atoms with Crippen LogP contribution in [-0.4, -0.2) is 41.5 Å². The van der Waals surface area contributed by atoms with Crippen LogP contribution >= 0.6 is 0 Å². The van der Waals surface area contributed by atoms with E-state index in [1.54, 1.807) is 38.1 Å². The van der Waals surface area contributed by atoms with E-state index in [0.717, 1.165) is 28.7 Å². The molecular formula is C26H30N4O4S. The van der Waals surface area contributed by atoms with Crippen molar-refractivity contribution in [3.05, 3.63) is 75.6 Å². The fraction of sp³-hybridized carbons (Fsp3) is 0.346. The number of aryl methyl sites for hydroxylation is 3. The lowest BCUT2D eigenvalue weighted by molar-refractivity contribution is -0.119. The summed E-state index contributed by atoms with van der Waals surface area (Å²) in [6.07, 6.45) is 1.71. The molecule has 1 aliphatic heterocycles. The molecule has 2 aromatic carbocycles. The van der Waals surface area contributed by atoms with Gasteiger partial charge in [-0.05, 0) is 69.9 Å². The number of hydrogen-bond donors (Lipinski definition) is 1. The highest BCUT2D eigenvalue weighted by molar-refractivity contribution is 7.89. The van der Waals surface area contributed by atoms with Crippen molar-refractivity contribution in [3.8, 4) is 11.3 Å². The number of nitrogens with zero attached hydrogens (tertiary/aromatic N) is 3. The molecule has 8 nitrogen and oxygen atoms in total. The minimum absolute atomic E-state index is 0.233. The van der Waals surface area contributed by atoms with Crippen LogP contribution in [0.5, 0.6) is 0 Å². The van der Waals surface area contributed by atoms with Gasteiger partial charge in [0.05, 0.1) is 10.6 Å². The van der Waals surface area contributed by atoms with Gasteiger partial charge in [0.25, 0.3) is 5.56 Å². The molecule has 2 heterocycles. The first-order valence-electron chi connectivity index (χ1n) is 11.7. The van der Waals surface area contributed by atoms with Gasteiger partial charge in [0, 0.05) is 30.4 Å². The van der Waals surface area contributed by atoms with Crippen molar-refractivity contribution >= 4 is 21.6 Å². The number of anilines is 1. The summed E-state index contributed by atoms with van der Waals surface area (Å²) >= 11 is 0. The Morgan fingerprint density at radius 1 is 0.971 bits per heavy atom. The van der Waals surface area contributed by atoms with Crippen LogP contribution in [0.15, 0.2) is 58.2 Å². The smallest absolute Gasteiger partial charge is 0.267 e. The first-order chi connectivity index (χ1) is 16.6. The molecule has 0 saturated carbocycles. The predicted molar refractivity (Wildman–Crippen MR) is 136 cm³/mol. The monoisotopic (exact) mass is 494 g/mol. The standard InChI is InChI=1S/C26H30N4O4S/c1-17-7-10-22(19(3)15-17)27-26(32)20(4)30-25(31)12-11-23(28-30)21-9-8-18(2)24(16-21)35(33,34)29-13-5-6-14-29/h7-12,15-16,20H,5-6,13-14H2,1-4H3,(H,27,32)/t20-/m1/s1. The van der Waals surface area contributed by atoms with Crippen molar-refractivity contribution in [1.82, 2.24) is 14.1 Å². The fourth-order valence-electron chi connectivity index (χ4n) is 4.26. The number of rotatable bonds is 6.